The van der Waals surface area contributed by atoms with E-state index in [9.17, 15) is 4.79 Å². The number of aromatic nitrogens is 6. The monoisotopic (exact) mass is 274 g/mol. The van der Waals surface area contributed by atoms with Crippen LogP contribution in [0, 0.1) is 13.8 Å². The number of rotatable bonds is 4. The maximum absolute atomic E-state index is 12.0. The Labute approximate surface area is 114 Å². The number of H-pyrrole nitrogens is 1. The number of hydrogen-bond donors (Lipinski definition) is 1. The number of hydrogen-bond acceptors (Lipinski definition) is 5. The van der Waals surface area contributed by atoms with Crippen LogP contribution in [0.2, 0.25) is 0 Å². The van der Waals surface area contributed by atoms with Crippen LogP contribution in [0.5, 0.6) is 0 Å². The molecule has 3 heterocycles. The minimum absolute atomic E-state index is 0.296. The Morgan fingerprint density at radius 1 is 1.40 bits per heavy atom. The van der Waals surface area contributed by atoms with Crippen molar-refractivity contribution < 1.29 is 4.52 Å². The van der Waals surface area contributed by atoms with Crippen LogP contribution in [0.15, 0.2) is 27.8 Å². The molecule has 8 heteroatoms. The normalized spacial score (nSPS) is 11.1. The highest BCUT2D eigenvalue weighted by atomic mass is 16.5. The highest BCUT2D eigenvalue weighted by molar-refractivity contribution is 5.39. The van der Waals surface area contributed by atoms with E-state index in [4.69, 9.17) is 4.52 Å². The van der Waals surface area contributed by atoms with Crippen molar-refractivity contribution >= 4 is 0 Å². The van der Waals surface area contributed by atoms with Gasteiger partial charge in [0, 0.05) is 25.4 Å². The molecular formula is C12H14N6O2. The predicted octanol–water partition coefficient (Wildman–Crippen LogP) is 0.605. The molecule has 0 aromatic carbocycles. The molecule has 20 heavy (non-hydrogen) atoms. The zero-order valence-electron chi connectivity index (χ0n) is 11.2. The molecule has 0 atom stereocenters. The molecule has 0 fully saturated rings. The Morgan fingerprint density at radius 2 is 2.25 bits per heavy atom. The summed E-state index contributed by atoms with van der Waals surface area (Å²) in [4.78, 5) is 12.0. The summed E-state index contributed by atoms with van der Waals surface area (Å²) in [5.74, 6) is 1.21. The van der Waals surface area contributed by atoms with Crippen molar-refractivity contribution in [1.82, 2.24) is 29.7 Å². The van der Waals surface area contributed by atoms with E-state index in [0.717, 1.165) is 0 Å². The van der Waals surface area contributed by atoms with Gasteiger partial charge in [-0.3, -0.25) is 4.68 Å². The third kappa shape index (κ3) is 2.04. The van der Waals surface area contributed by atoms with Crippen molar-refractivity contribution in [2.45, 2.75) is 26.8 Å². The Balaban J connectivity index is 1.96. The maximum atomic E-state index is 12.0. The number of aromatic amines is 1. The summed E-state index contributed by atoms with van der Waals surface area (Å²) in [7, 11) is 0. The summed E-state index contributed by atoms with van der Waals surface area (Å²) in [6.45, 7) is 4.20. The van der Waals surface area contributed by atoms with Crippen LogP contribution in [-0.2, 0) is 13.0 Å². The lowest BCUT2D eigenvalue weighted by molar-refractivity contribution is 0.392. The second-order valence-electron chi connectivity index (χ2n) is 4.47. The van der Waals surface area contributed by atoms with E-state index in [1.165, 1.54) is 4.57 Å². The Morgan fingerprint density at radius 3 is 2.90 bits per heavy atom. The van der Waals surface area contributed by atoms with Crippen molar-refractivity contribution in [3.05, 3.63) is 46.2 Å². The molecule has 3 aromatic heterocycles. The quantitative estimate of drug-likeness (QED) is 0.752. The van der Waals surface area contributed by atoms with E-state index < -0.39 is 0 Å². The molecule has 0 radical (unpaired) electrons. The van der Waals surface area contributed by atoms with Crippen molar-refractivity contribution in [2.75, 3.05) is 0 Å². The first-order chi connectivity index (χ1) is 9.66. The van der Waals surface area contributed by atoms with Crippen LogP contribution in [0.1, 0.15) is 17.3 Å². The third-order valence-electron chi connectivity index (χ3n) is 3.08. The zero-order chi connectivity index (χ0) is 14.1. The van der Waals surface area contributed by atoms with Gasteiger partial charge in [0.05, 0.1) is 0 Å². The molecule has 0 aliphatic heterocycles. The largest absolute Gasteiger partial charge is 0.359 e. The molecule has 0 aliphatic carbocycles. The van der Waals surface area contributed by atoms with Crippen LogP contribution in [0.4, 0.5) is 0 Å². The van der Waals surface area contributed by atoms with E-state index in [1.54, 1.807) is 24.7 Å². The maximum Gasteiger partial charge on any atom is 0.348 e. The van der Waals surface area contributed by atoms with E-state index in [-0.39, 0.29) is 5.69 Å². The molecule has 0 saturated heterocycles. The topological polar surface area (TPSA) is 94.5 Å². The highest BCUT2D eigenvalue weighted by Crippen LogP contribution is 2.17. The molecule has 0 unspecified atom stereocenters. The van der Waals surface area contributed by atoms with E-state index in [0.29, 0.717) is 35.9 Å². The zero-order valence-corrected chi connectivity index (χ0v) is 11.2. The van der Waals surface area contributed by atoms with E-state index >= 15 is 0 Å². The molecule has 3 aromatic rings. The first-order valence-corrected chi connectivity index (χ1v) is 6.24. The summed E-state index contributed by atoms with van der Waals surface area (Å²) in [5.41, 5.74) is 1.01. The average molecular weight is 274 g/mol. The fourth-order valence-corrected chi connectivity index (χ4v) is 2.17. The molecule has 104 valence electrons. The van der Waals surface area contributed by atoms with Gasteiger partial charge in [-0.15, -0.1) is 0 Å². The van der Waals surface area contributed by atoms with E-state index in [1.807, 2.05) is 12.3 Å². The standard InChI is InChI=1S/C12H14N6O2/c1-8-11(9(2)20-16-8)18-10(14-15-12(18)19)4-7-17-6-3-5-13-17/h3,5-6H,4,7H2,1-2H3,(H,15,19). The van der Waals surface area contributed by atoms with Gasteiger partial charge in [0.15, 0.2) is 5.76 Å². The van der Waals surface area contributed by atoms with Crippen molar-refractivity contribution in [1.29, 1.82) is 0 Å². The van der Waals surface area contributed by atoms with Crippen molar-refractivity contribution in [2.24, 2.45) is 0 Å². The number of nitrogens with one attached hydrogen (secondary N) is 1. The van der Waals surface area contributed by atoms with Crippen LogP contribution >= 0.6 is 0 Å². The molecule has 8 nitrogen and oxygen atoms in total. The lowest BCUT2D eigenvalue weighted by Gasteiger charge is -2.05. The molecule has 0 aliphatic rings. The SMILES string of the molecule is Cc1noc(C)c1-n1c(CCn2cccn2)n[nH]c1=O. The van der Waals surface area contributed by atoms with Gasteiger partial charge in [-0.1, -0.05) is 5.16 Å². The van der Waals surface area contributed by atoms with Gasteiger partial charge in [0.1, 0.15) is 17.2 Å². The second-order valence-corrected chi connectivity index (χ2v) is 4.47. The van der Waals surface area contributed by atoms with Gasteiger partial charge >= 0.3 is 5.69 Å². The minimum Gasteiger partial charge on any atom is -0.359 e. The Kier molecular flexibility index (Phi) is 2.97. The van der Waals surface area contributed by atoms with Crippen LogP contribution in [-0.4, -0.2) is 29.7 Å². The summed E-state index contributed by atoms with van der Waals surface area (Å²) in [6, 6.07) is 1.85. The lowest BCUT2D eigenvalue weighted by atomic mass is 10.3. The summed E-state index contributed by atoms with van der Waals surface area (Å²) in [5, 5.41) is 14.5. The highest BCUT2D eigenvalue weighted by Gasteiger charge is 2.18. The van der Waals surface area contributed by atoms with Gasteiger partial charge in [0.2, 0.25) is 0 Å². The van der Waals surface area contributed by atoms with Gasteiger partial charge < -0.3 is 4.52 Å². The molecule has 3 rings (SSSR count). The molecular weight excluding hydrogens is 260 g/mol. The number of aryl methyl sites for hydroxylation is 4. The fourth-order valence-electron chi connectivity index (χ4n) is 2.17. The third-order valence-corrected chi connectivity index (χ3v) is 3.08. The van der Waals surface area contributed by atoms with Crippen LogP contribution in [0.25, 0.3) is 5.69 Å². The van der Waals surface area contributed by atoms with Gasteiger partial charge in [-0.2, -0.15) is 10.2 Å². The minimum atomic E-state index is -0.296. The molecule has 0 spiro atoms. The molecule has 0 saturated carbocycles. The van der Waals surface area contributed by atoms with Gasteiger partial charge in [-0.25, -0.2) is 14.5 Å². The number of nitrogens with zero attached hydrogens (tertiary/aromatic N) is 5. The smallest absolute Gasteiger partial charge is 0.348 e. The van der Waals surface area contributed by atoms with Crippen molar-refractivity contribution in [3.63, 3.8) is 0 Å². The average Bonchev–Trinajstić information content (AvgIpc) is 3.12. The summed E-state index contributed by atoms with van der Waals surface area (Å²) < 4.78 is 8.40. The second kappa shape index (κ2) is 4.80. The molecule has 1 N–H and O–H groups in total. The Hall–Kier alpha value is -2.64. The molecule has 0 bridgehead atoms. The Bertz CT molecular complexity index is 745. The van der Waals surface area contributed by atoms with E-state index in [2.05, 4.69) is 20.5 Å². The van der Waals surface area contributed by atoms with Gasteiger partial charge in [0.25, 0.3) is 0 Å². The first kappa shape index (κ1) is 12.4. The van der Waals surface area contributed by atoms with Crippen molar-refractivity contribution in [3.8, 4) is 5.69 Å². The molecule has 0 amide bonds. The van der Waals surface area contributed by atoms with Gasteiger partial charge in [-0.05, 0) is 19.9 Å². The summed E-state index contributed by atoms with van der Waals surface area (Å²) >= 11 is 0. The first-order valence-electron chi connectivity index (χ1n) is 6.24. The van der Waals surface area contributed by atoms with Crippen LogP contribution in [0.3, 0.4) is 0 Å². The van der Waals surface area contributed by atoms with Crippen LogP contribution < -0.4 is 5.69 Å². The fraction of sp³-hybridized carbons (Fsp3) is 0.333. The lowest BCUT2D eigenvalue weighted by Crippen LogP contribution is -2.19. The summed E-state index contributed by atoms with van der Waals surface area (Å²) in [6.07, 6.45) is 4.15. The predicted molar refractivity (Wildman–Crippen MR) is 69.7 cm³/mol.